The smallest absolute Gasteiger partial charge is 0.143 e. The van der Waals surface area contributed by atoms with Crippen molar-refractivity contribution in [1.29, 1.82) is 0 Å². The Hall–Kier alpha value is -1.33. The lowest BCUT2D eigenvalue weighted by atomic mass is 9.98. The third kappa shape index (κ3) is 3.22. The lowest BCUT2D eigenvalue weighted by Gasteiger charge is -2.15. The van der Waals surface area contributed by atoms with Crippen LogP contribution in [0.1, 0.15) is 28.6 Å². The van der Waals surface area contributed by atoms with Gasteiger partial charge in [-0.15, -0.1) is 0 Å². The highest BCUT2D eigenvalue weighted by atomic mass is 79.9. The summed E-state index contributed by atoms with van der Waals surface area (Å²) in [6, 6.07) is 5.78. The molecule has 1 heterocycles. The number of rotatable bonds is 3. The van der Waals surface area contributed by atoms with Crippen molar-refractivity contribution in [1.82, 2.24) is 4.98 Å². The van der Waals surface area contributed by atoms with E-state index in [1.165, 1.54) is 12.1 Å². The van der Waals surface area contributed by atoms with Gasteiger partial charge in [-0.25, -0.2) is 8.78 Å². The van der Waals surface area contributed by atoms with Crippen molar-refractivity contribution in [3.63, 3.8) is 0 Å². The minimum atomic E-state index is -0.594. The summed E-state index contributed by atoms with van der Waals surface area (Å²) in [5, 5.41) is 0. The lowest BCUT2D eigenvalue weighted by Crippen LogP contribution is -2.16. The van der Waals surface area contributed by atoms with Gasteiger partial charge in [0.25, 0.3) is 0 Å². The van der Waals surface area contributed by atoms with E-state index >= 15 is 0 Å². The van der Waals surface area contributed by atoms with Crippen molar-refractivity contribution in [2.45, 2.75) is 26.3 Å². The molecule has 0 saturated carbocycles. The van der Waals surface area contributed by atoms with Gasteiger partial charge >= 0.3 is 0 Å². The van der Waals surface area contributed by atoms with Crippen molar-refractivity contribution in [3.05, 3.63) is 62.9 Å². The highest BCUT2D eigenvalue weighted by molar-refractivity contribution is 9.10. The van der Waals surface area contributed by atoms with Crippen LogP contribution in [-0.4, -0.2) is 4.98 Å². The van der Waals surface area contributed by atoms with Gasteiger partial charge in [-0.3, -0.25) is 4.98 Å². The molecule has 20 heavy (non-hydrogen) atoms. The molecule has 1 aromatic carbocycles. The summed E-state index contributed by atoms with van der Waals surface area (Å²) in [5.41, 5.74) is 8.58. The largest absolute Gasteiger partial charge is 0.324 e. The van der Waals surface area contributed by atoms with Crippen LogP contribution in [0.3, 0.4) is 0 Å². The Bertz CT molecular complexity index is 624. The molecule has 0 saturated heterocycles. The van der Waals surface area contributed by atoms with Crippen LogP contribution in [0, 0.1) is 25.5 Å². The standard InChI is InChI=1S/C15H15BrF2N2/c1-8-5-10(6-9(2)20-8)14(19)7-11-13(17)4-3-12(16)15(11)18/h3-6,14H,7,19H2,1-2H3. The number of aromatic nitrogens is 1. The Labute approximate surface area is 125 Å². The highest BCUT2D eigenvalue weighted by Crippen LogP contribution is 2.26. The third-order valence-corrected chi connectivity index (χ3v) is 3.71. The van der Waals surface area contributed by atoms with Crippen molar-refractivity contribution >= 4 is 15.9 Å². The van der Waals surface area contributed by atoms with Crippen molar-refractivity contribution in [2.24, 2.45) is 5.73 Å². The molecule has 0 radical (unpaired) electrons. The van der Waals surface area contributed by atoms with Crippen LogP contribution in [0.25, 0.3) is 0 Å². The molecule has 0 fully saturated rings. The van der Waals surface area contributed by atoms with E-state index in [1.807, 2.05) is 26.0 Å². The molecule has 0 aliphatic heterocycles. The van der Waals surface area contributed by atoms with E-state index in [4.69, 9.17) is 5.73 Å². The van der Waals surface area contributed by atoms with E-state index in [0.717, 1.165) is 17.0 Å². The highest BCUT2D eigenvalue weighted by Gasteiger charge is 2.17. The first kappa shape index (κ1) is 15.1. The van der Waals surface area contributed by atoms with Crippen molar-refractivity contribution in [2.75, 3.05) is 0 Å². The van der Waals surface area contributed by atoms with E-state index in [-0.39, 0.29) is 16.5 Å². The van der Waals surface area contributed by atoms with Crippen LogP contribution >= 0.6 is 15.9 Å². The van der Waals surface area contributed by atoms with Gasteiger partial charge in [-0.2, -0.15) is 0 Å². The molecule has 2 rings (SSSR count). The fraction of sp³-hybridized carbons (Fsp3) is 0.267. The molecule has 5 heteroatoms. The Morgan fingerprint density at radius 3 is 2.40 bits per heavy atom. The zero-order valence-electron chi connectivity index (χ0n) is 11.3. The van der Waals surface area contributed by atoms with Crippen LogP contribution in [0.2, 0.25) is 0 Å². The summed E-state index contributed by atoms with van der Waals surface area (Å²) >= 11 is 3.06. The number of hydrogen-bond donors (Lipinski definition) is 1. The zero-order valence-corrected chi connectivity index (χ0v) is 12.8. The summed E-state index contributed by atoms with van der Waals surface area (Å²) < 4.78 is 27.9. The lowest BCUT2D eigenvalue weighted by molar-refractivity contribution is 0.536. The van der Waals surface area contributed by atoms with E-state index in [2.05, 4.69) is 20.9 Å². The predicted octanol–water partition coefficient (Wildman–Crippen LogP) is 3.98. The number of aryl methyl sites for hydroxylation is 2. The first-order valence-electron chi connectivity index (χ1n) is 6.21. The molecule has 0 aliphatic carbocycles. The summed E-state index contributed by atoms with van der Waals surface area (Å²) in [6.07, 6.45) is 0.0972. The van der Waals surface area contributed by atoms with Crippen LogP contribution < -0.4 is 5.73 Å². The van der Waals surface area contributed by atoms with Crippen LogP contribution in [0.5, 0.6) is 0 Å². The second-order valence-electron chi connectivity index (χ2n) is 4.82. The van der Waals surface area contributed by atoms with Gasteiger partial charge < -0.3 is 5.73 Å². The fourth-order valence-corrected chi connectivity index (χ4v) is 2.55. The van der Waals surface area contributed by atoms with Gasteiger partial charge in [0.05, 0.1) is 4.47 Å². The van der Waals surface area contributed by atoms with Gasteiger partial charge in [0, 0.05) is 23.0 Å². The molecule has 2 N–H and O–H groups in total. The summed E-state index contributed by atoms with van der Waals surface area (Å²) in [5.74, 6) is -1.17. The molecule has 106 valence electrons. The minimum Gasteiger partial charge on any atom is -0.324 e. The Morgan fingerprint density at radius 1 is 1.20 bits per heavy atom. The summed E-state index contributed by atoms with van der Waals surface area (Å²) in [7, 11) is 0. The summed E-state index contributed by atoms with van der Waals surface area (Å²) in [4.78, 5) is 4.26. The Balaban J connectivity index is 2.32. The number of pyridine rings is 1. The van der Waals surface area contributed by atoms with Crippen LogP contribution in [-0.2, 0) is 6.42 Å². The molecule has 0 spiro atoms. The monoisotopic (exact) mass is 340 g/mol. The number of nitrogens with zero attached hydrogens (tertiary/aromatic N) is 1. The topological polar surface area (TPSA) is 38.9 Å². The van der Waals surface area contributed by atoms with E-state index < -0.39 is 17.7 Å². The fourth-order valence-electron chi connectivity index (χ4n) is 2.17. The maximum atomic E-state index is 13.9. The van der Waals surface area contributed by atoms with Gasteiger partial charge in [0.2, 0.25) is 0 Å². The van der Waals surface area contributed by atoms with E-state index in [1.54, 1.807) is 0 Å². The average Bonchev–Trinajstić information content (AvgIpc) is 2.38. The average molecular weight is 341 g/mol. The molecule has 1 aromatic heterocycles. The molecular formula is C15H15BrF2N2. The SMILES string of the molecule is Cc1cc(C(N)Cc2c(F)ccc(Br)c2F)cc(C)n1. The molecule has 0 bridgehead atoms. The Kier molecular flexibility index (Phi) is 4.50. The predicted molar refractivity (Wildman–Crippen MR) is 78.4 cm³/mol. The number of nitrogens with two attached hydrogens (primary N) is 1. The van der Waals surface area contributed by atoms with Gasteiger partial charge in [0.1, 0.15) is 11.6 Å². The van der Waals surface area contributed by atoms with Gasteiger partial charge in [0.15, 0.2) is 0 Å². The number of halogens is 3. The molecule has 1 atom stereocenters. The summed E-state index contributed by atoms with van der Waals surface area (Å²) in [6.45, 7) is 3.73. The number of hydrogen-bond acceptors (Lipinski definition) is 2. The molecule has 0 amide bonds. The van der Waals surface area contributed by atoms with E-state index in [0.29, 0.717) is 0 Å². The van der Waals surface area contributed by atoms with Crippen LogP contribution in [0.15, 0.2) is 28.7 Å². The van der Waals surface area contributed by atoms with Crippen LogP contribution in [0.4, 0.5) is 8.78 Å². The van der Waals surface area contributed by atoms with Gasteiger partial charge in [-0.05, 0) is 66.0 Å². The second kappa shape index (κ2) is 5.97. The molecular weight excluding hydrogens is 326 g/mol. The van der Waals surface area contributed by atoms with E-state index in [9.17, 15) is 8.78 Å². The second-order valence-corrected chi connectivity index (χ2v) is 5.67. The number of benzene rings is 1. The van der Waals surface area contributed by atoms with Crippen molar-refractivity contribution < 1.29 is 8.78 Å². The molecule has 2 nitrogen and oxygen atoms in total. The first-order valence-corrected chi connectivity index (χ1v) is 7.01. The maximum Gasteiger partial charge on any atom is 0.143 e. The molecule has 2 aromatic rings. The van der Waals surface area contributed by atoms with Crippen molar-refractivity contribution in [3.8, 4) is 0 Å². The first-order chi connectivity index (χ1) is 9.38. The van der Waals surface area contributed by atoms with Gasteiger partial charge in [-0.1, -0.05) is 0 Å². The zero-order chi connectivity index (χ0) is 14.9. The third-order valence-electron chi connectivity index (χ3n) is 3.09. The maximum absolute atomic E-state index is 13.9. The quantitative estimate of drug-likeness (QED) is 0.858. The molecule has 0 aliphatic rings. The Morgan fingerprint density at radius 2 is 1.80 bits per heavy atom. The molecule has 1 unspecified atom stereocenters. The minimum absolute atomic E-state index is 0.000932. The normalized spacial score (nSPS) is 12.5.